The van der Waals surface area contributed by atoms with Gasteiger partial charge in [0.2, 0.25) is 0 Å². The minimum atomic E-state index is 0.161. The topological polar surface area (TPSA) is 17.1 Å². The largest absolute Gasteiger partial charge is 0.289 e. The first-order valence-electron chi connectivity index (χ1n) is 9.55. The summed E-state index contributed by atoms with van der Waals surface area (Å²) in [7, 11) is 0. The van der Waals surface area contributed by atoms with Crippen molar-refractivity contribution >= 4 is 17.9 Å². The van der Waals surface area contributed by atoms with E-state index in [0.29, 0.717) is 0 Å². The molecule has 138 valence electrons. The molecule has 28 heavy (non-hydrogen) atoms. The molecule has 1 aliphatic rings. The second kappa shape index (κ2) is 10.6. The van der Waals surface area contributed by atoms with Gasteiger partial charge in [-0.2, -0.15) is 0 Å². The lowest BCUT2D eigenvalue weighted by atomic mass is 10.1. The lowest BCUT2D eigenvalue weighted by Gasteiger charge is -1.91. The number of benzene rings is 2. The van der Waals surface area contributed by atoms with E-state index < -0.39 is 0 Å². The number of rotatable bonds is 6. The predicted molar refractivity (Wildman–Crippen MR) is 120 cm³/mol. The van der Waals surface area contributed by atoms with Crippen molar-refractivity contribution in [3.63, 3.8) is 0 Å². The van der Waals surface area contributed by atoms with E-state index in [1.54, 1.807) is 0 Å². The summed E-state index contributed by atoms with van der Waals surface area (Å²) in [4.78, 5) is 12.4. The minimum Gasteiger partial charge on any atom is -0.289 e. The molecule has 0 N–H and O–H groups in total. The average molecular weight is 364 g/mol. The van der Waals surface area contributed by atoms with Crippen LogP contribution in [-0.2, 0) is 4.79 Å². The van der Waals surface area contributed by atoms with Crippen molar-refractivity contribution in [3.8, 4) is 0 Å². The summed E-state index contributed by atoms with van der Waals surface area (Å²) in [6, 6.07) is 20.3. The second-order valence-corrected chi connectivity index (χ2v) is 6.52. The summed E-state index contributed by atoms with van der Waals surface area (Å²) < 4.78 is 0. The lowest BCUT2D eigenvalue weighted by molar-refractivity contribution is -0.111. The van der Waals surface area contributed by atoms with Gasteiger partial charge in [-0.15, -0.1) is 0 Å². The van der Waals surface area contributed by atoms with Crippen LogP contribution in [0.1, 0.15) is 24.0 Å². The number of hydrogen-bond acceptors (Lipinski definition) is 1. The lowest BCUT2D eigenvalue weighted by Crippen LogP contribution is -1.94. The van der Waals surface area contributed by atoms with Crippen LogP contribution in [0.15, 0.2) is 120 Å². The highest BCUT2D eigenvalue weighted by Gasteiger charge is 2.21. The first kappa shape index (κ1) is 19.3. The Kier molecular flexibility index (Phi) is 7.34. The summed E-state index contributed by atoms with van der Waals surface area (Å²) in [6.07, 6.45) is 21.4. The van der Waals surface area contributed by atoms with E-state index in [1.165, 1.54) is 0 Å². The Hall–Kier alpha value is -3.45. The zero-order chi connectivity index (χ0) is 19.4. The number of Topliss-reactive ketones (excluding diaryl/α,β-unsaturated/α-hetero) is 1. The van der Waals surface area contributed by atoms with Gasteiger partial charge in [0.25, 0.3) is 0 Å². The molecule has 0 saturated heterocycles. The van der Waals surface area contributed by atoms with Crippen LogP contribution >= 0.6 is 0 Å². The highest BCUT2D eigenvalue weighted by molar-refractivity contribution is 6.11. The Morgan fingerprint density at radius 1 is 0.536 bits per heavy atom. The highest BCUT2D eigenvalue weighted by atomic mass is 16.1. The van der Waals surface area contributed by atoms with E-state index in [9.17, 15) is 4.79 Å². The summed E-state index contributed by atoms with van der Waals surface area (Å²) in [5.74, 6) is 0.161. The van der Waals surface area contributed by atoms with Crippen LogP contribution in [0, 0.1) is 0 Å². The van der Waals surface area contributed by atoms with Crippen LogP contribution < -0.4 is 0 Å². The van der Waals surface area contributed by atoms with Crippen LogP contribution in [-0.4, -0.2) is 5.78 Å². The molecule has 1 aliphatic carbocycles. The van der Waals surface area contributed by atoms with Crippen LogP contribution in [0.4, 0.5) is 0 Å². The highest BCUT2D eigenvalue weighted by Crippen LogP contribution is 2.26. The van der Waals surface area contributed by atoms with Gasteiger partial charge in [-0.05, 0) is 24.0 Å². The zero-order valence-electron chi connectivity index (χ0n) is 15.9. The van der Waals surface area contributed by atoms with Crippen molar-refractivity contribution in [2.45, 2.75) is 12.8 Å². The van der Waals surface area contributed by atoms with E-state index in [0.717, 1.165) is 35.1 Å². The molecular formula is C27H24O. The van der Waals surface area contributed by atoms with Gasteiger partial charge < -0.3 is 0 Å². The fourth-order valence-corrected chi connectivity index (χ4v) is 2.95. The molecule has 1 saturated carbocycles. The third kappa shape index (κ3) is 6.07. The van der Waals surface area contributed by atoms with Crippen molar-refractivity contribution in [1.82, 2.24) is 0 Å². The molecule has 3 rings (SSSR count). The Morgan fingerprint density at radius 3 is 1.39 bits per heavy atom. The summed E-state index contributed by atoms with van der Waals surface area (Å²) >= 11 is 0. The fraction of sp³-hybridized carbons (Fsp3) is 0.0741. The van der Waals surface area contributed by atoms with Gasteiger partial charge in [0.15, 0.2) is 5.78 Å². The minimum absolute atomic E-state index is 0.161. The van der Waals surface area contributed by atoms with Gasteiger partial charge >= 0.3 is 0 Å². The Balaban J connectivity index is 1.52. The summed E-state index contributed by atoms with van der Waals surface area (Å²) in [6.45, 7) is 0. The van der Waals surface area contributed by atoms with E-state index in [4.69, 9.17) is 0 Å². The normalized spacial score (nSPS) is 18.1. The maximum absolute atomic E-state index is 12.4. The number of hydrogen-bond donors (Lipinski definition) is 0. The predicted octanol–water partition coefficient (Wildman–Crippen LogP) is 6.74. The molecule has 1 heteroatoms. The second-order valence-electron chi connectivity index (χ2n) is 6.52. The van der Waals surface area contributed by atoms with Gasteiger partial charge in [-0.25, -0.2) is 0 Å². The van der Waals surface area contributed by atoms with E-state index in [2.05, 4.69) is 24.3 Å². The molecule has 0 amide bonds. The van der Waals surface area contributed by atoms with Gasteiger partial charge in [0.1, 0.15) is 0 Å². The molecule has 0 unspecified atom stereocenters. The molecule has 0 spiro atoms. The number of carbonyl (C=O) groups is 1. The molecule has 0 aromatic heterocycles. The Labute approximate surface area is 167 Å². The van der Waals surface area contributed by atoms with Crippen LogP contribution in [0.3, 0.4) is 0 Å². The molecule has 2 aromatic carbocycles. The summed E-state index contributed by atoms with van der Waals surface area (Å²) in [5.41, 5.74) is 4.08. The number of allylic oxidation sites excluding steroid dienone is 10. The standard InChI is InChI=1S/C27H24O/c28-27-25(19-11-3-9-17-23-13-5-1-6-14-23)21-22-26(27)20-12-4-10-18-24-15-7-2-8-16-24/h1-20H,21-22H2/b11-3+,12-4+,17-9+,18-10+,25-19+,26-20+. The van der Waals surface area contributed by atoms with Crippen LogP contribution in [0.2, 0.25) is 0 Å². The smallest absolute Gasteiger partial charge is 0.185 e. The van der Waals surface area contributed by atoms with Crippen LogP contribution in [0.5, 0.6) is 0 Å². The average Bonchev–Trinajstić information content (AvgIpc) is 3.09. The molecule has 0 radical (unpaired) electrons. The quantitative estimate of drug-likeness (QED) is 0.410. The Morgan fingerprint density at radius 2 is 0.964 bits per heavy atom. The maximum atomic E-state index is 12.4. The third-order valence-electron chi connectivity index (χ3n) is 4.46. The number of carbonyl (C=O) groups excluding carboxylic acids is 1. The molecule has 1 fully saturated rings. The van der Waals surface area contributed by atoms with Crippen molar-refractivity contribution in [2.24, 2.45) is 0 Å². The first-order valence-corrected chi connectivity index (χ1v) is 9.55. The van der Waals surface area contributed by atoms with Crippen molar-refractivity contribution in [1.29, 1.82) is 0 Å². The van der Waals surface area contributed by atoms with E-state index in [1.807, 2.05) is 97.2 Å². The van der Waals surface area contributed by atoms with Gasteiger partial charge in [-0.3, -0.25) is 4.79 Å². The first-order chi connectivity index (χ1) is 13.8. The fourth-order valence-electron chi connectivity index (χ4n) is 2.95. The number of ketones is 1. The molecule has 2 aromatic rings. The molecule has 1 nitrogen and oxygen atoms in total. The van der Waals surface area contributed by atoms with Crippen molar-refractivity contribution in [3.05, 3.63) is 132 Å². The Bertz CT molecular complexity index is 872. The van der Waals surface area contributed by atoms with Crippen molar-refractivity contribution < 1.29 is 4.79 Å². The third-order valence-corrected chi connectivity index (χ3v) is 4.46. The van der Waals surface area contributed by atoms with Gasteiger partial charge in [0, 0.05) is 11.1 Å². The molecule has 0 bridgehead atoms. The van der Waals surface area contributed by atoms with E-state index in [-0.39, 0.29) is 5.78 Å². The molecular weight excluding hydrogens is 340 g/mol. The molecule has 0 atom stereocenters. The molecule has 0 heterocycles. The molecule has 0 aliphatic heterocycles. The monoisotopic (exact) mass is 364 g/mol. The van der Waals surface area contributed by atoms with Gasteiger partial charge in [-0.1, -0.05) is 121 Å². The van der Waals surface area contributed by atoms with Gasteiger partial charge in [0.05, 0.1) is 0 Å². The maximum Gasteiger partial charge on any atom is 0.185 e. The van der Waals surface area contributed by atoms with Crippen molar-refractivity contribution in [2.75, 3.05) is 0 Å². The van der Waals surface area contributed by atoms with Crippen LogP contribution in [0.25, 0.3) is 12.2 Å². The summed E-state index contributed by atoms with van der Waals surface area (Å²) in [5, 5.41) is 0. The SMILES string of the molecule is O=C1/C(=C/C=C/C=C/c2ccccc2)CC\C1=C/C=C/C=C/c1ccccc1. The van der Waals surface area contributed by atoms with E-state index >= 15 is 0 Å². The zero-order valence-corrected chi connectivity index (χ0v) is 15.9.